The van der Waals surface area contributed by atoms with Gasteiger partial charge >= 0.3 is 0 Å². The Kier molecular flexibility index (Phi) is 5.26. The number of hydrazone groups is 1. The molecule has 0 saturated carbocycles. The van der Waals surface area contributed by atoms with Crippen molar-refractivity contribution in [3.8, 4) is 5.75 Å². The van der Waals surface area contributed by atoms with E-state index in [-0.39, 0.29) is 16.2 Å². The molecule has 2 rings (SSSR count). The Hall–Kier alpha value is -2.38. The fourth-order valence-electron chi connectivity index (χ4n) is 1.89. The van der Waals surface area contributed by atoms with E-state index in [0.717, 1.165) is 6.26 Å². The minimum absolute atomic E-state index is 0.00599. The van der Waals surface area contributed by atoms with Crippen molar-refractivity contribution in [2.45, 2.75) is 11.8 Å². The van der Waals surface area contributed by atoms with E-state index >= 15 is 0 Å². The first-order valence-electron chi connectivity index (χ1n) is 6.82. The van der Waals surface area contributed by atoms with Gasteiger partial charge in [0, 0.05) is 11.3 Å². The van der Waals surface area contributed by atoms with Gasteiger partial charge in [-0.2, -0.15) is 5.10 Å². The molecule has 2 N–H and O–H groups in total. The summed E-state index contributed by atoms with van der Waals surface area (Å²) in [5, 5.41) is 13.9. The first kappa shape index (κ1) is 18.0. The Bertz CT molecular complexity index is 906. The Morgan fingerprint density at radius 2 is 1.79 bits per heavy atom. The van der Waals surface area contributed by atoms with Crippen LogP contribution in [-0.4, -0.2) is 31.4 Å². The summed E-state index contributed by atoms with van der Waals surface area (Å²) in [5.74, 6) is -0.815. The average molecular weight is 367 g/mol. The number of hydrogen-bond donors (Lipinski definition) is 2. The number of aromatic hydroxyl groups is 1. The number of hydrogen-bond acceptors (Lipinski definition) is 5. The molecule has 8 heteroatoms. The van der Waals surface area contributed by atoms with E-state index in [1.165, 1.54) is 30.3 Å². The molecule has 0 spiro atoms. The third kappa shape index (κ3) is 4.33. The largest absolute Gasteiger partial charge is 0.507 e. The zero-order valence-corrected chi connectivity index (χ0v) is 14.5. The second kappa shape index (κ2) is 7.02. The van der Waals surface area contributed by atoms with Gasteiger partial charge in [0.15, 0.2) is 9.84 Å². The smallest absolute Gasteiger partial charge is 0.275 e. The normalized spacial score (nSPS) is 12.0. The van der Waals surface area contributed by atoms with Gasteiger partial charge in [-0.1, -0.05) is 23.7 Å². The standard InChI is InChI=1S/C16H15ClN2O4S/c1-10(11-3-6-13(7-4-11)24(2,22)23)18-19-16(21)14-9-12(17)5-8-15(14)20/h3-9,20H,1-2H3,(H,19,21)/b18-10-. The van der Waals surface area contributed by atoms with Crippen LogP contribution in [0.5, 0.6) is 5.75 Å². The topological polar surface area (TPSA) is 95.8 Å². The zero-order valence-electron chi connectivity index (χ0n) is 12.9. The zero-order chi connectivity index (χ0) is 17.9. The summed E-state index contributed by atoms with van der Waals surface area (Å²) in [4.78, 5) is 12.2. The van der Waals surface area contributed by atoms with E-state index in [9.17, 15) is 18.3 Å². The molecular weight excluding hydrogens is 352 g/mol. The van der Waals surface area contributed by atoms with Crippen molar-refractivity contribution >= 4 is 33.1 Å². The highest BCUT2D eigenvalue weighted by Gasteiger charge is 2.12. The monoisotopic (exact) mass is 366 g/mol. The highest BCUT2D eigenvalue weighted by Crippen LogP contribution is 2.21. The lowest BCUT2D eigenvalue weighted by atomic mass is 10.1. The first-order valence-corrected chi connectivity index (χ1v) is 9.09. The van der Waals surface area contributed by atoms with Crippen LogP contribution in [0.1, 0.15) is 22.8 Å². The molecule has 0 atom stereocenters. The Morgan fingerprint density at radius 1 is 1.17 bits per heavy atom. The van der Waals surface area contributed by atoms with Crippen molar-refractivity contribution in [3.05, 3.63) is 58.6 Å². The van der Waals surface area contributed by atoms with Crippen LogP contribution < -0.4 is 5.43 Å². The van der Waals surface area contributed by atoms with Crippen LogP contribution in [0.3, 0.4) is 0 Å². The number of nitrogens with one attached hydrogen (secondary N) is 1. The minimum Gasteiger partial charge on any atom is -0.507 e. The second-order valence-corrected chi connectivity index (χ2v) is 7.55. The fraction of sp³-hybridized carbons (Fsp3) is 0.125. The van der Waals surface area contributed by atoms with Gasteiger partial charge in [0.05, 0.1) is 16.2 Å². The van der Waals surface area contributed by atoms with E-state index in [2.05, 4.69) is 10.5 Å². The SMILES string of the molecule is C/C(=N/NC(=O)c1cc(Cl)ccc1O)c1ccc(S(C)(=O)=O)cc1. The third-order valence-corrected chi connectivity index (χ3v) is 4.59. The molecule has 0 radical (unpaired) electrons. The van der Waals surface area contributed by atoms with Crippen molar-refractivity contribution in [2.24, 2.45) is 5.10 Å². The number of halogens is 1. The van der Waals surface area contributed by atoms with E-state index < -0.39 is 15.7 Å². The molecule has 0 heterocycles. The Labute approximate surface area is 144 Å². The van der Waals surface area contributed by atoms with Gasteiger partial charge in [0.25, 0.3) is 5.91 Å². The highest BCUT2D eigenvalue weighted by molar-refractivity contribution is 7.90. The molecule has 1 amide bonds. The number of carbonyl (C=O) groups is 1. The molecule has 2 aromatic rings. The number of benzene rings is 2. The van der Waals surface area contributed by atoms with Gasteiger partial charge in [-0.05, 0) is 42.8 Å². The van der Waals surface area contributed by atoms with Crippen LogP contribution >= 0.6 is 11.6 Å². The molecule has 0 aliphatic rings. The van der Waals surface area contributed by atoms with Crippen LogP contribution in [0.4, 0.5) is 0 Å². The van der Waals surface area contributed by atoms with Gasteiger partial charge in [0.1, 0.15) is 5.75 Å². The molecule has 126 valence electrons. The van der Waals surface area contributed by atoms with Crippen molar-refractivity contribution in [2.75, 3.05) is 6.26 Å². The van der Waals surface area contributed by atoms with Gasteiger partial charge in [-0.15, -0.1) is 0 Å². The molecule has 0 bridgehead atoms. The second-order valence-electron chi connectivity index (χ2n) is 5.10. The maximum Gasteiger partial charge on any atom is 0.275 e. The van der Waals surface area contributed by atoms with E-state index in [1.807, 2.05) is 0 Å². The van der Waals surface area contributed by atoms with E-state index in [1.54, 1.807) is 19.1 Å². The van der Waals surface area contributed by atoms with Crippen molar-refractivity contribution in [1.29, 1.82) is 0 Å². The molecule has 0 aliphatic carbocycles. The number of carbonyl (C=O) groups excluding carboxylic acids is 1. The minimum atomic E-state index is -3.27. The van der Waals surface area contributed by atoms with Crippen molar-refractivity contribution in [3.63, 3.8) is 0 Å². The highest BCUT2D eigenvalue weighted by atomic mass is 35.5. The van der Waals surface area contributed by atoms with Gasteiger partial charge in [-0.3, -0.25) is 4.79 Å². The lowest BCUT2D eigenvalue weighted by Crippen LogP contribution is -2.19. The van der Waals surface area contributed by atoms with Gasteiger partial charge in [-0.25, -0.2) is 13.8 Å². The summed E-state index contributed by atoms with van der Waals surface area (Å²) in [5.41, 5.74) is 3.46. The molecule has 0 aromatic heterocycles. The number of nitrogens with zero attached hydrogens (tertiary/aromatic N) is 1. The van der Waals surface area contributed by atoms with Crippen LogP contribution in [0, 0.1) is 0 Å². The average Bonchev–Trinajstić information content (AvgIpc) is 2.53. The molecule has 0 saturated heterocycles. The quantitative estimate of drug-likeness (QED) is 0.642. The Balaban J connectivity index is 2.16. The summed E-state index contributed by atoms with van der Waals surface area (Å²) in [7, 11) is -3.27. The lowest BCUT2D eigenvalue weighted by molar-refractivity contribution is 0.0952. The predicted octanol–water partition coefficient (Wildman–Crippen LogP) is 2.60. The molecule has 2 aromatic carbocycles. The van der Waals surface area contributed by atoms with Gasteiger partial charge in [0.2, 0.25) is 0 Å². The first-order chi connectivity index (χ1) is 11.2. The van der Waals surface area contributed by atoms with Crippen molar-refractivity contribution < 1.29 is 18.3 Å². The summed E-state index contributed by atoms with van der Waals surface area (Å²) >= 11 is 5.80. The predicted molar refractivity (Wildman–Crippen MR) is 92.3 cm³/mol. The van der Waals surface area contributed by atoms with Crippen LogP contribution in [0.25, 0.3) is 0 Å². The number of phenols is 1. The molecule has 0 aliphatic heterocycles. The summed E-state index contributed by atoms with van der Waals surface area (Å²) in [6.45, 7) is 1.66. The van der Waals surface area contributed by atoms with Crippen LogP contribution in [-0.2, 0) is 9.84 Å². The number of sulfone groups is 1. The summed E-state index contributed by atoms with van der Waals surface area (Å²) in [6.07, 6.45) is 1.13. The molecule has 0 fully saturated rings. The summed E-state index contributed by atoms with van der Waals surface area (Å²) in [6, 6.07) is 10.2. The van der Waals surface area contributed by atoms with Gasteiger partial charge < -0.3 is 5.11 Å². The fourth-order valence-corrected chi connectivity index (χ4v) is 2.70. The van der Waals surface area contributed by atoms with E-state index in [0.29, 0.717) is 16.3 Å². The van der Waals surface area contributed by atoms with Crippen molar-refractivity contribution in [1.82, 2.24) is 5.43 Å². The maximum atomic E-state index is 12.0. The number of phenolic OH excluding ortho intramolecular Hbond substituents is 1. The number of amides is 1. The molecule has 0 unspecified atom stereocenters. The third-order valence-electron chi connectivity index (χ3n) is 3.23. The number of rotatable bonds is 4. The summed E-state index contributed by atoms with van der Waals surface area (Å²) < 4.78 is 22.8. The van der Waals surface area contributed by atoms with E-state index in [4.69, 9.17) is 11.6 Å². The Morgan fingerprint density at radius 3 is 2.38 bits per heavy atom. The molecular formula is C16H15ClN2O4S. The lowest BCUT2D eigenvalue weighted by Gasteiger charge is -2.06. The molecule has 6 nitrogen and oxygen atoms in total. The maximum absolute atomic E-state index is 12.0. The molecule has 24 heavy (non-hydrogen) atoms. The van der Waals surface area contributed by atoms with Crippen LogP contribution in [0.15, 0.2) is 52.5 Å². The van der Waals surface area contributed by atoms with Crippen LogP contribution in [0.2, 0.25) is 5.02 Å².